The van der Waals surface area contributed by atoms with Crippen LogP contribution < -0.4 is 5.32 Å². The van der Waals surface area contributed by atoms with Crippen molar-refractivity contribution in [2.45, 2.75) is 31.0 Å². The molecule has 2 aromatic heterocycles. The van der Waals surface area contributed by atoms with E-state index in [4.69, 9.17) is 9.84 Å². The van der Waals surface area contributed by atoms with Crippen LogP contribution >= 0.6 is 0 Å². The SMILES string of the molecule is C[C@]1(O)[C@H](NC(=O)c2ncnc3nc[nH]c23)O[C@H](CO)[C@H]1O. The number of ether oxygens (including phenoxy) is 1. The van der Waals surface area contributed by atoms with Crippen molar-refractivity contribution in [3.63, 3.8) is 0 Å². The number of amides is 1. The molecular weight excluding hydrogens is 294 g/mol. The first-order valence-electron chi connectivity index (χ1n) is 6.57. The Bertz CT molecular complexity index is 702. The van der Waals surface area contributed by atoms with Crippen LogP contribution in [0.25, 0.3) is 11.2 Å². The highest BCUT2D eigenvalue weighted by Crippen LogP contribution is 2.29. The van der Waals surface area contributed by atoms with Crippen molar-refractivity contribution < 1.29 is 24.9 Å². The number of H-pyrrole nitrogens is 1. The number of carbonyl (C=O) groups is 1. The number of carbonyl (C=O) groups excluding carboxylic acids is 1. The summed E-state index contributed by atoms with van der Waals surface area (Å²) in [5.74, 6) is -0.632. The summed E-state index contributed by atoms with van der Waals surface area (Å²) >= 11 is 0. The van der Waals surface area contributed by atoms with Gasteiger partial charge < -0.3 is 30.4 Å². The number of imidazole rings is 1. The third-order valence-electron chi connectivity index (χ3n) is 3.67. The minimum atomic E-state index is -1.75. The summed E-state index contributed by atoms with van der Waals surface area (Å²) in [4.78, 5) is 26.8. The molecule has 118 valence electrons. The summed E-state index contributed by atoms with van der Waals surface area (Å²) in [5.41, 5.74) is -1.04. The normalized spacial score (nSPS) is 31.5. The van der Waals surface area contributed by atoms with Crippen LogP contribution in [0.3, 0.4) is 0 Å². The number of fused-ring (bicyclic) bond motifs is 1. The van der Waals surface area contributed by atoms with Crippen LogP contribution in [0.5, 0.6) is 0 Å². The van der Waals surface area contributed by atoms with Crippen molar-refractivity contribution in [2.75, 3.05) is 6.61 Å². The molecule has 22 heavy (non-hydrogen) atoms. The lowest BCUT2D eigenvalue weighted by molar-refractivity contribution is -0.0715. The lowest BCUT2D eigenvalue weighted by Gasteiger charge is -2.26. The first-order valence-corrected chi connectivity index (χ1v) is 6.57. The molecule has 0 aliphatic carbocycles. The second-order valence-corrected chi connectivity index (χ2v) is 5.20. The number of nitrogens with zero attached hydrogens (tertiary/aromatic N) is 3. The van der Waals surface area contributed by atoms with Crippen molar-refractivity contribution in [2.24, 2.45) is 0 Å². The van der Waals surface area contributed by atoms with E-state index in [9.17, 15) is 15.0 Å². The van der Waals surface area contributed by atoms with Crippen molar-refractivity contribution in [3.8, 4) is 0 Å². The van der Waals surface area contributed by atoms with Crippen LogP contribution in [0.2, 0.25) is 0 Å². The van der Waals surface area contributed by atoms with Gasteiger partial charge in [0.05, 0.1) is 12.9 Å². The van der Waals surface area contributed by atoms with Gasteiger partial charge in [-0.15, -0.1) is 0 Å². The number of aromatic amines is 1. The highest BCUT2D eigenvalue weighted by atomic mass is 16.6. The van der Waals surface area contributed by atoms with Crippen molar-refractivity contribution in [1.29, 1.82) is 0 Å². The lowest BCUT2D eigenvalue weighted by Crippen LogP contribution is -2.53. The summed E-state index contributed by atoms with van der Waals surface area (Å²) in [5, 5.41) is 31.7. The molecule has 3 rings (SSSR count). The van der Waals surface area contributed by atoms with Crippen LogP contribution in [-0.4, -0.2) is 71.8 Å². The largest absolute Gasteiger partial charge is 0.394 e. The molecule has 10 heteroatoms. The zero-order valence-corrected chi connectivity index (χ0v) is 11.6. The Hall–Kier alpha value is -2.14. The Morgan fingerprint density at radius 1 is 1.50 bits per heavy atom. The van der Waals surface area contributed by atoms with Crippen molar-refractivity contribution >= 4 is 17.1 Å². The third-order valence-corrected chi connectivity index (χ3v) is 3.67. The lowest BCUT2D eigenvalue weighted by atomic mass is 9.96. The second kappa shape index (κ2) is 5.25. The van der Waals surface area contributed by atoms with Crippen LogP contribution in [0, 0.1) is 0 Å². The fourth-order valence-corrected chi connectivity index (χ4v) is 2.37. The predicted octanol–water partition coefficient (Wildman–Crippen LogP) is -2.09. The van der Waals surface area contributed by atoms with E-state index in [1.807, 2.05) is 0 Å². The smallest absolute Gasteiger partial charge is 0.274 e. The van der Waals surface area contributed by atoms with E-state index in [1.54, 1.807) is 0 Å². The molecule has 10 nitrogen and oxygen atoms in total. The van der Waals surface area contributed by atoms with Gasteiger partial charge in [-0.1, -0.05) is 0 Å². The number of hydrogen-bond acceptors (Lipinski definition) is 8. The zero-order chi connectivity index (χ0) is 15.9. The van der Waals surface area contributed by atoms with E-state index in [1.165, 1.54) is 19.6 Å². The maximum Gasteiger partial charge on any atom is 0.274 e. The van der Waals surface area contributed by atoms with Gasteiger partial charge in [0.1, 0.15) is 29.7 Å². The van der Waals surface area contributed by atoms with Gasteiger partial charge in [-0.3, -0.25) is 4.79 Å². The van der Waals surface area contributed by atoms with Crippen LogP contribution in [-0.2, 0) is 4.74 Å². The highest BCUT2D eigenvalue weighted by molar-refractivity contribution is 6.02. The molecule has 0 spiro atoms. The molecule has 0 radical (unpaired) electrons. The zero-order valence-electron chi connectivity index (χ0n) is 11.6. The minimum absolute atomic E-state index is 0.0313. The molecule has 0 unspecified atom stereocenters. The Balaban J connectivity index is 1.84. The Morgan fingerprint density at radius 2 is 2.27 bits per heavy atom. The average molecular weight is 309 g/mol. The molecule has 5 N–H and O–H groups in total. The maximum atomic E-state index is 12.3. The topological polar surface area (TPSA) is 153 Å². The van der Waals surface area contributed by atoms with Gasteiger partial charge in [0.15, 0.2) is 17.6 Å². The van der Waals surface area contributed by atoms with Gasteiger partial charge in [0.25, 0.3) is 5.91 Å². The van der Waals surface area contributed by atoms with Crippen LogP contribution in [0.15, 0.2) is 12.7 Å². The van der Waals surface area contributed by atoms with Crippen molar-refractivity contribution in [3.05, 3.63) is 18.3 Å². The molecule has 0 aromatic carbocycles. The molecule has 1 aliphatic heterocycles. The standard InChI is InChI=1S/C12H15N5O5/c1-12(21)8(19)5(2-18)22-11(12)17-10(20)7-6-9(15-3-13-6)16-4-14-7/h3-5,8,11,18-19,21H,2H2,1H3,(H,17,20)(H,13,14,15,16)/t5-,8-,11-,12-/m1/s1. The second-order valence-electron chi connectivity index (χ2n) is 5.20. The molecule has 3 heterocycles. The third kappa shape index (κ3) is 2.22. The molecular formula is C12H15N5O5. The summed E-state index contributed by atoms with van der Waals surface area (Å²) in [7, 11) is 0. The van der Waals surface area contributed by atoms with Gasteiger partial charge in [-0.05, 0) is 6.92 Å². The summed E-state index contributed by atoms with van der Waals surface area (Å²) in [6.45, 7) is 0.825. The number of nitrogens with one attached hydrogen (secondary N) is 2. The highest BCUT2D eigenvalue weighted by Gasteiger charge is 2.52. The Labute approximate surface area is 124 Å². The van der Waals surface area contributed by atoms with Crippen LogP contribution in [0.1, 0.15) is 17.4 Å². The molecule has 1 aliphatic rings. The number of aliphatic hydroxyl groups is 3. The number of aromatic nitrogens is 4. The first kappa shape index (κ1) is 14.8. The molecule has 1 amide bonds. The monoisotopic (exact) mass is 309 g/mol. The van der Waals surface area contributed by atoms with Gasteiger partial charge in [-0.2, -0.15) is 0 Å². The minimum Gasteiger partial charge on any atom is -0.394 e. The van der Waals surface area contributed by atoms with Gasteiger partial charge in [-0.25, -0.2) is 15.0 Å². The average Bonchev–Trinajstić information content (AvgIpc) is 3.05. The van der Waals surface area contributed by atoms with E-state index in [0.29, 0.717) is 11.2 Å². The molecule has 4 atom stereocenters. The molecule has 2 aromatic rings. The van der Waals surface area contributed by atoms with Crippen molar-refractivity contribution in [1.82, 2.24) is 25.3 Å². The van der Waals surface area contributed by atoms with Gasteiger partial charge in [0.2, 0.25) is 0 Å². The Morgan fingerprint density at radius 3 is 2.95 bits per heavy atom. The van der Waals surface area contributed by atoms with E-state index in [0.717, 1.165) is 0 Å². The maximum absolute atomic E-state index is 12.3. The molecule has 0 bridgehead atoms. The summed E-state index contributed by atoms with van der Waals surface area (Å²) in [6.07, 6.45) is -0.945. The fourth-order valence-electron chi connectivity index (χ4n) is 2.37. The van der Waals surface area contributed by atoms with Gasteiger partial charge in [0, 0.05) is 0 Å². The number of hydrogen-bond donors (Lipinski definition) is 5. The Kier molecular flexibility index (Phi) is 3.53. The quantitative estimate of drug-likeness (QED) is 0.432. The van der Waals surface area contributed by atoms with E-state index in [2.05, 4.69) is 25.3 Å². The summed E-state index contributed by atoms with van der Waals surface area (Å²) < 4.78 is 5.27. The molecule has 1 fully saturated rings. The predicted molar refractivity (Wildman–Crippen MR) is 71.5 cm³/mol. The number of aliphatic hydroxyl groups excluding tert-OH is 2. The van der Waals surface area contributed by atoms with E-state index < -0.39 is 36.6 Å². The first-order chi connectivity index (χ1) is 10.4. The van der Waals surface area contributed by atoms with Crippen LogP contribution in [0.4, 0.5) is 0 Å². The fraction of sp³-hybridized carbons (Fsp3) is 0.500. The number of rotatable bonds is 3. The van der Waals surface area contributed by atoms with E-state index in [-0.39, 0.29) is 5.69 Å². The van der Waals surface area contributed by atoms with E-state index >= 15 is 0 Å². The van der Waals surface area contributed by atoms with Gasteiger partial charge >= 0.3 is 0 Å². The molecule has 1 saturated heterocycles. The molecule has 0 saturated carbocycles. The summed E-state index contributed by atoms with van der Waals surface area (Å²) in [6, 6.07) is 0.